The Morgan fingerprint density at radius 3 is 2.75 bits per heavy atom. The second kappa shape index (κ2) is 6.85. The Balaban J connectivity index is 2.09. The van der Waals surface area contributed by atoms with Gasteiger partial charge in [-0.25, -0.2) is 0 Å². The molecule has 2 rings (SSSR count). The van der Waals surface area contributed by atoms with Crippen LogP contribution in [-0.2, 0) is 6.54 Å². The molecule has 1 amide bonds. The number of benzene rings is 1. The number of halogens is 2. The molecule has 0 saturated heterocycles. The fraction of sp³-hybridized carbons (Fsp3) is 0.143. The predicted octanol–water partition coefficient (Wildman–Crippen LogP) is 3.55. The van der Waals surface area contributed by atoms with Gasteiger partial charge in [-0.15, -0.1) is 0 Å². The zero-order chi connectivity index (χ0) is 14.5. The van der Waals surface area contributed by atoms with E-state index in [0.29, 0.717) is 12.1 Å². The van der Waals surface area contributed by atoms with E-state index < -0.39 is 0 Å². The third-order valence-corrected chi connectivity index (χ3v) is 3.58. The molecule has 4 nitrogen and oxygen atoms in total. The van der Waals surface area contributed by atoms with Crippen molar-refractivity contribution < 1.29 is 9.53 Å². The van der Waals surface area contributed by atoms with Gasteiger partial charge in [0.1, 0.15) is 5.75 Å². The molecule has 1 N–H and O–H groups in total. The van der Waals surface area contributed by atoms with Crippen LogP contribution < -0.4 is 10.1 Å². The summed E-state index contributed by atoms with van der Waals surface area (Å²) in [6.45, 7) is 0.383. The molecular formula is C14H12Br2N2O2. The normalized spacial score (nSPS) is 10.2. The van der Waals surface area contributed by atoms with Crippen molar-refractivity contribution in [3.63, 3.8) is 0 Å². The molecule has 6 heteroatoms. The van der Waals surface area contributed by atoms with E-state index in [4.69, 9.17) is 4.74 Å². The van der Waals surface area contributed by atoms with Crippen LogP contribution in [0.5, 0.6) is 5.75 Å². The number of nitrogens with one attached hydrogen (secondary N) is 1. The van der Waals surface area contributed by atoms with E-state index in [9.17, 15) is 4.79 Å². The topological polar surface area (TPSA) is 51.2 Å². The quantitative estimate of drug-likeness (QED) is 0.855. The van der Waals surface area contributed by atoms with Crippen molar-refractivity contribution in [2.75, 3.05) is 7.11 Å². The lowest BCUT2D eigenvalue weighted by Gasteiger charge is -2.10. The van der Waals surface area contributed by atoms with Gasteiger partial charge in [0.2, 0.25) is 0 Å². The monoisotopic (exact) mass is 398 g/mol. The van der Waals surface area contributed by atoms with Crippen molar-refractivity contribution >= 4 is 37.8 Å². The lowest BCUT2D eigenvalue weighted by Crippen LogP contribution is -2.23. The van der Waals surface area contributed by atoms with Gasteiger partial charge in [0.25, 0.3) is 5.91 Å². The molecule has 20 heavy (non-hydrogen) atoms. The molecule has 0 radical (unpaired) electrons. The summed E-state index contributed by atoms with van der Waals surface area (Å²) in [5.41, 5.74) is 1.41. The first-order valence-electron chi connectivity index (χ1n) is 5.81. The molecule has 1 heterocycles. The maximum absolute atomic E-state index is 12.0. The van der Waals surface area contributed by atoms with Gasteiger partial charge in [-0.2, -0.15) is 0 Å². The summed E-state index contributed by atoms with van der Waals surface area (Å²) < 4.78 is 6.97. The van der Waals surface area contributed by atoms with Crippen molar-refractivity contribution in [3.05, 3.63) is 56.7 Å². The number of hydrogen-bond acceptors (Lipinski definition) is 3. The Labute approximate surface area is 133 Å². The first-order chi connectivity index (χ1) is 9.60. The highest BCUT2D eigenvalue weighted by molar-refractivity contribution is 9.10. The van der Waals surface area contributed by atoms with Crippen LogP contribution in [0.4, 0.5) is 0 Å². The Bertz CT molecular complexity index is 632. The van der Waals surface area contributed by atoms with Crippen LogP contribution in [0.1, 0.15) is 15.9 Å². The van der Waals surface area contributed by atoms with Crippen molar-refractivity contribution in [1.82, 2.24) is 10.3 Å². The van der Waals surface area contributed by atoms with Gasteiger partial charge in [-0.05, 0) is 40.2 Å². The van der Waals surface area contributed by atoms with Crippen LogP contribution in [0.15, 0.2) is 45.6 Å². The number of ether oxygens (including phenoxy) is 1. The van der Waals surface area contributed by atoms with Crippen molar-refractivity contribution in [2.45, 2.75) is 6.54 Å². The van der Waals surface area contributed by atoms with Crippen LogP contribution in [0, 0.1) is 0 Å². The minimum absolute atomic E-state index is 0.180. The van der Waals surface area contributed by atoms with Crippen molar-refractivity contribution in [3.8, 4) is 5.75 Å². The Hall–Kier alpha value is -1.40. The van der Waals surface area contributed by atoms with E-state index in [1.165, 1.54) is 6.20 Å². The van der Waals surface area contributed by atoms with Crippen LogP contribution in [-0.4, -0.2) is 18.0 Å². The molecule has 1 aromatic heterocycles. The van der Waals surface area contributed by atoms with E-state index in [1.807, 2.05) is 18.2 Å². The standard InChI is InChI=1S/C14H12Br2N2O2/c1-20-13-3-2-11(15)4-9(13)7-18-14(19)10-5-12(16)8-17-6-10/h2-6,8H,7H2,1H3,(H,18,19). The highest BCUT2D eigenvalue weighted by atomic mass is 79.9. The summed E-state index contributed by atoms with van der Waals surface area (Å²) in [7, 11) is 1.60. The zero-order valence-electron chi connectivity index (χ0n) is 10.7. The summed E-state index contributed by atoms with van der Waals surface area (Å²) >= 11 is 6.69. The summed E-state index contributed by atoms with van der Waals surface area (Å²) in [5, 5.41) is 2.84. The molecule has 1 aromatic carbocycles. The lowest BCUT2D eigenvalue weighted by atomic mass is 10.2. The zero-order valence-corrected chi connectivity index (χ0v) is 13.9. The van der Waals surface area contributed by atoms with Gasteiger partial charge in [0, 0.05) is 33.4 Å². The van der Waals surface area contributed by atoms with E-state index in [0.717, 1.165) is 20.3 Å². The van der Waals surface area contributed by atoms with Gasteiger partial charge >= 0.3 is 0 Å². The Kier molecular flexibility index (Phi) is 5.14. The molecule has 0 aliphatic heterocycles. The first-order valence-corrected chi connectivity index (χ1v) is 7.40. The number of carbonyl (C=O) groups is 1. The maximum atomic E-state index is 12.0. The van der Waals surface area contributed by atoms with Crippen LogP contribution in [0.2, 0.25) is 0 Å². The Morgan fingerprint density at radius 1 is 1.25 bits per heavy atom. The van der Waals surface area contributed by atoms with Gasteiger partial charge in [0.15, 0.2) is 0 Å². The third-order valence-electron chi connectivity index (χ3n) is 2.65. The first kappa shape index (κ1) is 15.0. The molecule has 0 unspecified atom stereocenters. The number of pyridine rings is 1. The van der Waals surface area contributed by atoms with Gasteiger partial charge < -0.3 is 10.1 Å². The van der Waals surface area contributed by atoms with Crippen molar-refractivity contribution in [1.29, 1.82) is 0 Å². The van der Waals surface area contributed by atoms with E-state index in [2.05, 4.69) is 42.2 Å². The fourth-order valence-electron chi connectivity index (χ4n) is 1.70. The van der Waals surface area contributed by atoms with Crippen LogP contribution >= 0.6 is 31.9 Å². The number of methoxy groups -OCH3 is 1. The molecule has 0 aliphatic rings. The molecule has 0 spiro atoms. The van der Waals surface area contributed by atoms with Crippen LogP contribution in [0.25, 0.3) is 0 Å². The third kappa shape index (κ3) is 3.80. The minimum Gasteiger partial charge on any atom is -0.496 e. The second-order valence-corrected chi connectivity index (χ2v) is 5.86. The van der Waals surface area contributed by atoms with Crippen molar-refractivity contribution in [2.24, 2.45) is 0 Å². The molecule has 0 saturated carbocycles. The highest BCUT2D eigenvalue weighted by Crippen LogP contribution is 2.22. The number of nitrogens with zero attached hydrogens (tertiary/aromatic N) is 1. The van der Waals surface area contributed by atoms with E-state index in [1.54, 1.807) is 19.4 Å². The summed E-state index contributed by atoms with van der Waals surface area (Å²) in [6.07, 6.45) is 3.16. The second-order valence-electron chi connectivity index (χ2n) is 4.03. The number of amides is 1. The smallest absolute Gasteiger partial charge is 0.253 e. The average molecular weight is 400 g/mol. The summed E-state index contributed by atoms with van der Waals surface area (Å²) in [4.78, 5) is 16.0. The van der Waals surface area contributed by atoms with E-state index in [-0.39, 0.29) is 5.91 Å². The summed E-state index contributed by atoms with van der Waals surface area (Å²) in [5.74, 6) is 0.557. The summed E-state index contributed by atoms with van der Waals surface area (Å²) in [6, 6.07) is 7.38. The Morgan fingerprint density at radius 2 is 2.05 bits per heavy atom. The molecule has 0 bridgehead atoms. The lowest BCUT2D eigenvalue weighted by molar-refractivity contribution is 0.0950. The van der Waals surface area contributed by atoms with E-state index >= 15 is 0 Å². The fourth-order valence-corrected chi connectivity index (χ4v) is 2.47. The maximum Gasteiger partial charge on any atom is 0.253 e. The molecule has 0 fully saturated rings. The van der Waals surface area contributed by atoms with Gasteiger partial charge in [0.05, 0.1) is 12.7 Å². The molecular weight excluding hydrogens is 388 g/mol. The SMILES string of the molecule is COc1ccc(Br)cc1CNC(=O)c1cncc(Br)c1. The predicted molar refractivity (Wildman–Crippen MR) is 83.8 cm³/mol. The molecule has 0 atom stereocenters. The highest BCUT2D eigenvalue weighted by Gasteiger charge is 2.09. The average Bonchev–Trinajstić information content (AvgIpc) is 2.45. The van der Waals surface area contributed by atoms with Gasteiger partial charge in [-0.1, -0.05) is 15.9 Å². The number of carbonyl (C=O) groups excluding carboxylic acids is 1. The molecule has 0 aliphatic carbocycles. The van der Waals surface area contributed by atoms with Crippen LogP contribution in [0.3, 0.4) is 0 Å². The minimum atomic E-state index is -0.180. The number of aromatic nitrogens is 1. The van der Waals surface area contributed by atoms with Gasteiger partial charge in [-0.3, -0.25) is 9.78 Å². The number of rotatable bonds is 4. The number of hydrogen-bond donors (Lipinski definition) is 1. The molecule has 2 aromatic rings. The largest absolute Gasteiger partial charge is 0.496 e. The molecule has 104 valence electrons.